The van der Waals surface area contributed by atoms with Crippen molar-refractivity contribution in [3.63, 3.8) is 0 Å². The van der Waals surface area contributed by atoms with Crippen LogP contribution in [0.3, 0.4) is 0 Å². The number of nitrogens with zero attached hydrogens (tertiary/aromatic N) is 1. The minimum atomic E-state index is 0.211. The van der Waals surface area contributed by atoms with Gasteiger partial charge >= 0.3 is 0 Å². The SMILES string of the molecule is CC(N)N1C[C@H]2OCC[C@H]21. The lowest BCUT2D eigenvalue weighted by Gasteiger charge is -2.45. The lowest BCUT2D eigenvalue weighted by atomic mass is 9.98. The predicted octanol–water partition coefficient (Wildman–Crippen LogP) is -0.236. The van der Waals surface area contributed by atoms with Crippen molar-refractivity contribution in [2.24, 2.45) is 5.73 Å². The quantitative estimate of drug-likeness (QED) is 0.549. The minimum absolute atomic E-state index is 0.211. The van der Waals surface area contributed by atoms with Gasteiger partial charge in [-0.05, 0) is 13.3 Å². The van der Waals surface area contributed by atoms with E-state index in [9.17, 15) is 0 Å². The van der Waals surface area contributed by atoms with E-state index in [0.29, 0.717) is 12.1 Å². The van der Waals surface area contributed by atoms with Gasteiger partial charge in [0, 0.05) is 19.2 Å². The highest BCUT2D eigenvalue weighted by Crippen LogP contribution is 2.30. The standard InChI is InChI=1S/C7H14N2O/c1-5(8)9-4-7-6(9)2-3-10-7/h5-7H,2-4,8H2,1H3/t5?,6-,7-/m1/s1. The molecule has 2 fully saturated rings. The summed E-state index contributed by atoms with van der Waals surface area (Å²) in [6.45, 7) is 4.01. The molecule has 2 aliphatic rings. The van der Waals surface area contributed by atoms with Crippen molar-refractivity contribution in [3.8, 4) is 0 Å². The summed E-state index contributed by atoms with van der Waals surface area (Å²) in [6, 6.07) is 0.639. The van der Waals surface area contributed by atoms with E-state index in [1.54, 1.807) is 0 Å². The average Bonchev–Trinajstić information content (AvgIpc) is 2.11. The first kappa shape index (κ1) is 6.58. The monoisotopic (exact) mass is 142 g/mol. The first-order valence-corrected chi connectivity index (χ1v) is 3.92. The first-order valence-electron chi connectivity index (χ1n) is 3.92. The number of ether oxygens (including phenoxy) is 1. The normalized spacial score (nSPS) is 42.6. The van der Waals surface area contributed by atoms with Gasteiger partial charge in [-0.3, -0.25) is 4.90 Å². The second-order valence-electron chi connectivity index (χ2n) is 3.20. The number of fused-ring (bicyclic) bond motifs is 1. The van der Waals surface area contributed by atoms with Crippen LogP contribution in [0.2, 0.25) is 0 Å². The third-order valence-electron chi connectivity index (χ3n) is 2.51. The summed E-state index contributed by atoms with van der Waals surface area (Å²) >= 11 is 0. The zero-order valence-corrected chi connectivity index (χ0v) is 6.29. The highest BCUT2D eigenvalue weighted by molar-refractivity contribution is 4.97. The van der Waals surface area contributed by atoms with Gasteiger partial charge in [0.05, 0.1) is 12.3 Å². The average molecular weight is 142 g/mol. The van der Waals surface area contributed by atoms with Crippen LogP contribution in [0.1, 0.15) is 13.3 Å². The summed E-state index contributed by atoms with van der Waals surface area (Å²) in [5.74, 6) is 0. The van der Waals surface area contributed by atoms with Crippen LogP contribution in [0.4, 0.5) is 0 Å². The molecule has 0 aromatic rings. The molecular formula is C7H14N2O. The number of hydrogen-bond donors (Lipinski definition) is 1. The third-order valence-corrected chi connectivity index (χ3v) is 2.51. The van der Waals surface area contributed by atoms with Crippen molar-refractivity contribution in [2.45, 2.75) is 31.7 Å². The molecule has 2 N–H and O–H groups in total. The van der Waals surface area contributed by atoms with Crippen LogP contribution in [0, 0.1) is 0 Å². The summed E-state index contributed by atoms with van der Waals surface area (Å²) < 4.78 is 5.44. The molecule has 2 saturated heterocycles. The van der Waals surface area contributed by atoms with Crippen molar-refractivity contribution < 1.29 is 4.74 Å². The number of hydrogen-bond acceptors (Lipinski definition) is 3. The Hall–Kier alpha value is -0.120. The van der Waals surface area contributed by atoms with Crippen LogP contribution in [0.5, 0.6) is 0 Å². The molecule has 2 rings (SSSR count). The molecule has 3 heteroatoms. The summed E-state index contributed by atoms with van der Waals surface area (Å²) in [4.78, 5) is 2.30. The van der Waals surface area contributed by atoms with Gasteiger partial charge in [-0.25, -0.2) is 0 Å². The number of nitrogens with two attached hydrogens (primary N) is 1. The van der Waals surface area contributed by atoms with Crippen LogP contribution in [0.15, 0.2) is 0 Å². The number of rotatable bonds is 1. The molecule has 0 amide bonds. The second kappa shape index (κ2) is 2.19. The molecule has 58 valence electrons. The maximum Gasteiger partial charge on any atom is 0.0858 e. The van der Waals surface area contributed by atoms with Gasteiger partial charge in [0.1, 0.15) is 0 Å². The van der Waals surface area contributed by atoms with Gasteiger partial charge in [-0.2, -0.15) is 0 Å². The fourth-order valence-electron chi connectivity index (χ4n) is 1.86. The first-order chi connectivity index (χ1) is 4.79. The van der Waals surface area contributed by atoms with Crippen LogP contribution >= 0.6 is 0 Å². The Bertz CT molecular complexity index is 138. The van der Waals surface area contributed by atoms with Crippen molar-refractivity contribution in [1.29, 1.82) is 0 Å². The Morgan fingerprint density at radius 1 is 1.70 bits per heavy atom. The molecule has 0 radical (unpaired) electrons. The van der Waals surface area contributed by atoms with E-state index in [0.717, 1.165) is 13.2 Å². The second-order valence-corrected chi connectivity index (χ2v) is 3.20. The lowest BCUT2D eigenvalue weighted by molar-refractivity contribution is -0.0580. The van der Waals surface area contributed by atoms with Crippen LogP contribution in [-0.2, 0) is 4.74 Å². The molecule has 0 aromatic heterocycles. The zero-order chi connectivity index (χ0) is 7.14. The van der Waals surface area contributed by atoms with Gasteiger partial charge in [0.15, 0.2) is 0 Å². The molecule has 0 bridgehead atoms. The van der Waals surface area contributed by atoms with Crippen molar-refractivity contribution in [3.05, 3.63) is 0 Å². The van der Waals surface area contributed by atoms with E-state index in [4.69, 9.17) is 10.5 Å². The van der Waals surface area contributed by atoms with E-state index in [1.165, 1.54) is 6.42 Å². The van der Waals surface area contributed by atoms with Crippen LogP contribution in [0.25, 0.3) is 0 Å². The Morgan fingerprint density at radius 3 is 3.10 bits per heavy atom. The Labute approximate surface area is 61.1 Å². The fraction of sp³-hybridized carbons (Fsp3) is 1.00. The minimum Gasteiger partial charge on any atom is -0.375 e. The van der Waals surface area contributed by atoms with Crippen molar-refractivity contribution in [1.82, 2.24) is 4.90 Å². The summed E-state index contributed by atoms with van der Waals surface area (Å²) in [7, 11) is 0. The Morgan fingerprint density at radius 2 is 2.50 bits per heavy atom. The van der Waals surface area contributed by atoms with Gasteiger partial charge in [0.2, 0.25) is 0 Å². The molecule has 2 aliphatic heterocycles. The molecule has 0 spiro atoms. The zero-order valence-electron chi connectivity index (χ0n) is 6.29. The molecule has 2 heterocycles. The van der Waals surface area contributed by atoms with E-state index in [2.05, 4.69) is 4.90 Å². The van der Waals surface area contributed by atoms with Gasteiger partial charge in [0.25, 0.3) is 0 Å². The molecular weight excluding hydrogens is 128 g/mol. The topological polar surface area (TPSA) is 38.5 Å². The highest BCUT2D eigenvalue weighted by atomic mass is 16.5. The van der Waals surface area contributed by atoms with E-state index in [-0.39, 0.29) is 6.17 Å². The van der Waals surface area contributed by atoms with E-state index in [1.807, 2.05) is 6.92 Å². The van der Waals surface area contributed by atoms with E-state index >= 15 is 0 Å². The third kappa shape index (κ3) is 0.779. The van der Waals surface area contributed by atoms with Crippen molar-refractivity contribution >= 4 is 0 Å². The molecule has 1 unspecified atom stereocenters. The van der Waals surface area contributed by atoms with E-state index < -0.39 is 0 Å². The molecule has 3 atom stereocenters. The highest BCUT2D eigenvalue weighted by Gasteiger charge is 2.44. The molecule has 3 nitrogen and oxygen atoms in total. The molecule has 0 aromatic carbocycles. The van der Waals surface area contributed by atoms with Gasteiger partial charge < -0.3 is 10.5 Å². The molecule has 10 heavy (non-hydrogen) atoms. The predicted molar refractivity (Wildman–Crippen MR) is 38.5 cm³/mol. The summed E-state index contributed by atoms with van der Waals surface area (Å²) in [5.41, 5.74) is 5.72. The summed E-state index contributed by atoms with van der Waals surface area (Å²) in [5, 5.41) is 0. The maximum atomic E-state index is 5.72. The van der Waals surface area contributed by atoms with Gasteiger partial charge in [-0.15, -0.1) is 0 Å². The lowest BCUT2D eigenvalue weighted by Crippen LogP contribution is -2.62. The summed E-state index contributed by atoms with van der Waals surface area (Å²) in [6.07, 6.45) is 1.89. The molecule has 0 saturated carbocycles. The Balaban J connectivity index is 1.94. The maximum absolute atomic E-state index is 5.72. The van der Waals surface area contributed by atoms with Crippen LogP contribution < -0.4 is 5.73 Å². The largest absolute Gasteiger partial charge is 0.375 e. The smallest absolute Gasteiger partial charge is 0.0858 e. The Kier molecular flexibility index (Phi) is 1.44. The number of likely N-dealkylation sites (tertiary alicyclic amines) is 1. The van der Waals surface area contributed by atoms with Gasteiger partial charge in [-0.1, -0.05) is 0 Å². The van der Waals surface area contributed by atoms with Crippen molar-refractivity contribution in [2.75, 3.05) is 13.2 Å². The molecule has 0 aliphatic carbocycles. The van der Waals surface area contributed by atoms with Crippen LogP contribution in [-0.4, -0.2) is 36.4 Å². The fourth-order valence-corrected chi connectivity index (χ4v) is 1.86.